The third-order valence-corrected chi connectivity index (χ3v) is 4.46. The van der Waals surface area contributed by atoms with E-state index in [2.05, 4.69) is 20.4 Å². The third-order valence-electron chi connectivity index (χ3n) is 4.46. The second kappa shape index (κ2) is 8.19. The number of nitrogens with zero attached hydrogens (tertiary/aromatic N) is 4. The molecule has 4 aromatic rings. The number of nitrogens with one attached hydrogen (secondary N) is 1. The minimum Gasteiger partial charge on any atom is -0.493 e. The lowest BCUT2D eigenvalue weighted by molar-refractivity contribution is 0.299. The highest BCUT2D eigenvalue weighted by molar-refractivity contribution is 5.58. The van der Waals surface area contributed by atoms with E-state index in [9.17, 15) is 5.11 Å². The molecule has 0 spiro atoms. The van der Waals surface area contributed by atoms with Crippen molar-refractivity contribution in [3.05, 3.63) is 53.9 Å². The molecule has 9 heteroatoms. The molecule has 3 heterocycles. The van der Waals surface area contributed by atoms with Gasteiger partial charge in [0.25, 0.3) is 0 Å². The van der Waals surface area contributed by atoms with Crippen molar-refractivity contribution in [1.29, 1.82) is 0 Å². The topological polar surface area (TPSA) is 107 Å². The monoisotopic (exact) mass is 395 g/mol. The summed E-state index contributed by atoms with van der Waals surface area (Å²) in [4.78, 5) is 9.03. The van der Waals surface area contributed by atoms with Crippen LogP contribution in [0.5, 0.6) is 11.5 Å². The molecule has 3 aromatic heterocycles. The van der Waals surface area contributed by atoms with Crippen molar-refractivity contribution in [2.75, 3.05) is 26.1 Å². The fourth-order valence-electron chi connectivity index (χ4n) is 3.02. The van der Waals surface area contributed by atoms with E-state index in [0.29, 0.717) is 47.6 Å². The highest BCUT2D eigenvalue weighted by Crippen LogP contribution is 2.28. The van der Waals surface area contributed by atoms with Crippen molar-refractivity contribution in [2.45, 2.75) is 13.0 Å². The van der Waals surface area contributed by atoms with Crippen molar-refractivity contribution in [3.8, 4) is 23.1 Å². The van der Waals surface area contributed by atoms with Gasteiger partial charge in [0, 0.05) is 31.3 Å². The molecule has 0 saturated heterocycles. The smallest absolute Gasteiger partial charge is 0.226 e. The van der Waals surface area contributed by atoms with Gasteiger partial charge in [0.15, 0.2) is 22.9 Å². The van der Waals surface area contributed by atoms with Gasteiger partial charge in [-0.15, -0.1) is 5.10 Å². The number of hydrogen-bond donors (Lipinski definition) is 2. The van der Waals surface area contributed by atoms with Crippen LogP contribution in [-0.2, 0) is 13.0 Å². The molecule has 0 fully saturated rings. The van der Waals surface area contributed by atoms with Crippen LogP contribution in [0.4, 0.5) is 5.95 Å². The first kappa shape index (κ1) is 18.8. The average Bonchev–Trinajstić information content (AvgIpc) is 3.43. The van der Waals surface area contributed by atoms with Gasteiger partial charge < -0.3 is 24.3 Å². The zero-order valence-corrected chi connectivity index (χ0v) is 16.1. The maximum atomic E-state index is 9.34. The Labute approximate surface area is 166 Å². The van der Waals surface area contributed by atoms with Gasteiger partial charge in [-0.3, -0.25) is 0 Å². The molecule has 9 nitrogen and oxygen atoms in total. The predicted octanol–water partition coefficient (Wildman–Crippen LogP) is 2.55. The van der Waals surface area contributed by atoms with Gasteiger partial charge in [0.05, 0.1) is 20.5 Å². The molecule has 0 aliphatic rings. The number of anilines is 1. The van der Waals surface area contributed by atoms with Crippen molar-refractivity contribution in [2.24, 2.45) is 0 Å². The largest absolute Gasteiger partial charge is 0.493 e. The lowest BCUT2D eigenvalue weighted by Gasteiger charge is -2.11. The average molecular weight is 395 g/mol. The molecule has 0 unspecified atom stereocenters. The van der Waals surface area contributed by atoms with E-state index in [0.717, 1.165) is 11.1 Å². The zero-order chi connectivity index (χ0) is 20.2. The molecule has 150 valence electrons. The summed E-state index contributed by atoms with van der Waals surface area (Å²) in [7, 11) is 3.21. The van der Waals surface area contributed by atoms with Crippen LogP contribution in [-0.4, -0.2) is 45.5 Å². The Morgan fingerprint density at radius 3 is 2.76 bits per heavy atom. The van der Waals surface area contributed by atoms with Crippen LogP contribution in [0.3, 0.4) is 0 Å². The first-order valence-electron chi connectivity index (χ1n) is 9.07. The second-order valence-corrected chi connectivity index (χ2v) is 6.27. The van der Waals surface area contributed by atoms with E-state index in [1.54, 1.807) is 43.3 Å². The number of furan rings is 1. The normalized spacial score (nSPS) is 11.0. The highest BCUT2D eigenvalue weighted by atomic mass is 16.5. The van der Waals surface area contributed by atoms with E-state index in [4.69, 9.17) is 13.9 Å². The van der Waals surface area contributed by atoms with Gasteiger partial charge in [0.2, 0.25) is 11.8 Å². The third kappa shape index (κ3) is 3.72. The Bertz CT molecular complexity index is 1110. The number of aliphatic hydroxyl groups is 1. The number of hydrogen-bond acceptors (Lipinski definition) is 8. The quantitative estimate of drug-likeness (QED) is 0.469. The van der Waals surface area contributed by atoms with Crippen molar-refractivity contribution in [3.63, 3.8) is 0 Å². The summed E-state index contributed by atoms with van der Waals surface area (Å²) in [6.07, 6.45) is 3.70. The number of rotatable bonds is 8. The minimum atomic E-state index is -0.00129. The standard InChI is InChI=1S/C20H21N5O4/c1-27-15-6-5-13(10-17(15)28-2)11-21-20-22-12-14(7-8-26)19-23-18(24-25(19)20)16-4-3-9-29-16/h3-6,9-10,12,26H,7-8,11H2,1-2H3,(H,21,22). The molecule has 1 aromatic carbocycles. The summed E-state index contributed by atoms with van der Waals surface area (Å²) >= 11 is 0. The molecule has 0 atom stereocenters. The van der Waals surface area contributed by atoms with E-state index in [-0.39, 0.29) is 6.61 Å². The molecule has 29 heavy (non-hydrogen) atoms. The molecule has 0 aliphatic carbocycles. The number of benzene rings is 1. The predicted molar refractivity (Wildman–Crippen MR) is 106 cm³/mol. The Balaban J connectivity index is 1.66. The SMILES string of the molecule is COc1ccc(CNc2ncc(CCO)c3nc(-c4ccco4)nn23)cc1OC. The van der Waals surface area contributed by atoms with Crippen molar-refractivity contribution in [1.82, 2.24) is 19.6 Å². The molecule has 4 rings (SSSR count). The van der Waals surface area contributed by atoms with Gasteiger partial charge in [-0.25, -0.2) is 9.97 Å². The van der Waals surface area contributed by atoms with Crippen LogP contribution in [0.1, 0.15) is 11.1 Å². The van der Waals surface area contributed by atoms with Gasteiger partial charge >= 0.3 is 0 Å². The molecule has 0 saturated carbocycles. The van der Waals surface area contributed by atoms with Crippen LogP contribution < -0.4 is 14.8 Å². The van der Waals surface area contributed by atoms with E-state index in [1.807, 2.05) is 18.2 Å². The molecule has 0 amide bonds. The van der Waals surface area contributed by atoms with E-state index >= 15 is 0 Å². The van der Waals surface area contributed by atoms with Crippen molar-refractivity contribution < 1.29 is 19.0 Å². The second-order valence-electron chi connectivity index (χ2n) is 6.27. The summed E-state index contributed by atoms with van der Waals surface area (Å²) in [6.45, 7) is 0.496. The Hall–Kier alpha value is -3.59. The number of aromatic nitrogens is 4. The summed E-state index contributed by atoms with van der Waals surface area (Å²) < 4.78 is 17.7. The maximum Gasteiger partial charge on any atom is 0.226 e. The van der Waals surface area contributed by atoms with Gasteiger partial charge in [-0.2, -0.15) is 4.52 Å². The number of methoxy groups -OCH3 is 2. The highest BCUT2D eigenvalue weighted by Gasteiger charge is 2.15. The molecule has 0 bridgehead atoms. The Kier molecular flexibility index (Phi) is 5.30. The number of ether oxygens (including phenoxy) is 2. The zero-order valence-electron chi connectivity index (χ0n) is 16.1. The molecular weight excluding hydrogens is 374 g/mol. The van der Waals surface area contributed by atoms with Crippen LogP contribution in [0.2, 0.25) is 0 Å². The summed E-state index contributed by atoms with van der Waals surface area (Å²) in [5.74, 6) is 2.88. The summed E-state index contributed by atoms with van der Waals surface area (Å²) in [5, 5.41) is 17.2. The number of fused-ring (bicyclic) bond motifs is 1. The summed E-state index contributed by atoms with van der Waals surface area (Å²) in [5.41, 5.74) is 2.41. The summed E-state index contributed by atoms with van der Waals surface area (Å²) in [6, 6.07) is 9.28. The molecule has 0 aliphatic heterocycles. The fourth-order valence-corrected chi connectivity index (χ4v) is 3.02. The van der Waals surface area contributed by atoms with Crippen LogP contribution in [0.15, 0.2) is 47.2 Å². The van der Waals surface area contributed by atoms with E-state index in [1.165, 1.54) is 0 Å². The lowest BCUT2D eigenvalue weighted by atomic mass is 10.2. The molecular formula is C20H21N5O4. The van der Waals surface area contributed by atoms with Gasteiger partial charge in [-0.05, 0) is 29.8 Å². The van der Waals surface area contributed by atoms with Crippen LogP contribution in [0.25, 0.3) is 17.2 Å². The maximum absolute atomic E-state index is 9.34. The van der Waals surface area contributed by atoms with Gasteiger partial charge in [-0.1, -0.05) is 6.07 Å². The molecule has 2 N–H and O–H groups in total. The minimum absolute atomic E-state index is 0.00129. The Morgan fingerprint density at radius 2 is 2.03 bits per heavy atom. The Morgan fingerprint density at radius 1 is 1.17 bits per heavy atom. The van der Waals surface area contributed by atoms with Gasteiger partial charge in [0.1, 0.15) is 0 Å². The first-order chi connectivity index (χ1) is 14.2. The number of aliphatic hydroxyl groups excluding tert-OH is 1. The lowest BCUT2D eigenvalue weighted by Crippen LogP contribution is -2.09. The van der Waals surface area contributed by atoms with Crippen LogP contribution >= 0.6 is 0 Å². The van der Waals surface area contributed by atoms with Crippen molar-refractivity contribution >= 4 is 11.6 Å². The van der Waals surface area contributed by atoms with Crippen LogP contribution in [0, 0.1) is 0 Å². The van der Waals surface area contributed by atoms with E-state index < -0.39 is 0 Å². The fraction of sp³-hybridized carbons (Fsp3) is 0.250. The molecule has 0 radical (unpaired) electrons. The first-order valence-corrected chi connectivity index (χ1v) is 9.07.